The molecule has 0 fully saturated rings. The average Bonchev–Trinajstić information content (AvgIpc) is 3.08. The monoisotopic (exact) mass is 363 g/mol. The van der Waals surface area contributed by atoms with E-state index >= 15 is 0 Å². The zero-order valence-electron chi connectivity index (χ0n) is 14.4. The summed E-state index contributed by atoms with van der Waals surface area (Å²) >= 11 is 6.43. The standard InChI is InChI=1S/C20H18ClN5/c1-2-13(7-8-22)19-17(21)12-26-20(25-19)16(11-24-26)15-9-14-5-3-4-6-18(14)23-10-15/h3-7,9-12H,2,8,22H2,1H3/b13-7+. The first-order valence-electron chi connectivity index (χ1n) is 8.49. The number of para-hydroxylation sites is 1. The summed E-state index contributed by atoms with van der Waals surface area (Å²) in [5.41, 5.74) is 11.1. The molecule has 0 aliphatic rings. The molecule has 2 N–H and O–H groups in total. The van der Waals surface area contributed by atoms with Crippen LogP contribution in [0.25, 0.3) is 33.3 Å². The summed E-state index contributed by atoms with van der Waals surface area (Å²) in [5.74, 6) is 0. The van der Waals surface area contributed by atoms with E-state index in [2.05, 4.69) is 23.1 Å². The lowest BCUT2D eigenvalue weighted by atomic mass is 10.1. The summed E-state index contributed by atoms with van der Waals surface area (Å²) in [6, 6.07) is 10.1. The van der Waals surface area contributed by atoms with Crippen LogP contribution in [0.5, 0.6) is 0 Å². The van der Waals surface area contributed by atoms with Gasteiger partial charge in [0, 0.05) is 29.3 Å². The molecule has 0 saturated carbocycles. The highest BCUT2D eigenvalue weighted by molar-refractivity contribution is 6.32. The van der Waals surface area contributed by atoms with Crippen molar-refractivity contribution in [1.29, 1.82) is 0 Å². The predicted molar refractivity (Wildman–Crippen MR) is 106 cm³/mol. The number of nitrogens with two attached hydrogens (primary N) is 1. The normalized spacial score (nSPS) is 12.2. The van der Waals surface area contributed by atoms with Gasteiger partial charge in [0.2, 0.25) is 0 Å². The summed E-state index contributed by atoms with van der Waals surface area (Å²) < 4.78 is 1.70. The van der Waals surface area contributed by atoms with Crippen molar-refractivity contribution in [2.45, 2.75) is 13.3 Å². The minimum Gasteiger partial charge on any atom is -0.327 e. The van der Waals surface area contributed by atoms with Gasteiger partial charge in [0.1, 0.15) is 0 Å². The van der Waals surface area contributed by atoms with Crippen LogP contribution in [0.2, 0.25) is 5.02 Å². The Morgan fingerprint density at radius 2 is 2.12 bits per heavy atom. The molecule has 3 heterocycles. The summed E-state index contributed by atoms with van der Waals surface area (Å²) in [4.78, 5) is 9.34. The molecule has 4 aromatic rings. The number of fused-ring (bicyclic) bond motifs is 2. The summed E-state index contributed by atoms with van der Waals surface area (Å²) in [6.45, 7) is 2.52. The van der Waals surface area contributed by atoms with Crippen LogP contribution in [-0.4, -0.2) is 26.1 Å². The van der Waals surface area contributed by atoms with Gasteiger partial charge < -0.3 is 5.73 Å². The smallest absolute Gasteiger partial charge is 0.163 e. The first kappa shape index (κ1) is 16.7. The molecule has 5 nitrogen and oxygen atoms in total. The highest BCUT2D eigenvalue weighted by Crippen LogP contribution is 2.30. The van der Waals surface area contributed by atoms with Gasteiger partial charge in [0.25, 0.3) is 0 Å². The molecule has 6 heteroatoms. The van der Waals surface area contributed by atoms with Gasteiger partial charge in [0.05, 0.1) is 28.6 Å². The van der Waals surface area contributed by atoms with Gasteiger partial charge in [-0.15, -0.1) is 0 Å². The topological polar surface area (TPSA) is 69.1 Å². The highest BCUT2D eigenvalue weighted by atomic mass is 35.5. The minimum atomic E-state index is 0.451. The number of benzene rings is 1. The number of halogens is 1. The molecule has 0 spiro atoms. The Bertz CT molecular complexity index is 1130. The largest absolute Gasteiger partial charge is 0.327 e. The van der Waals surface area contributed by atoms with Crippen LogP contribution in [-0.2, 0) is 0 Å². The molecule has 0 aliphatic heterocycles. The maximum absolute atomic E-state index is 6.43. The van der Waals surface area contributed by atoms with E-state index in [9.17, 15) is 0 Å². The van der Waals surface area contributed by atoms with Gasteiger partial charge in [-0.25, -0.2) is 9.50 Å². The van der Waals surface area contributed by atoms with E-state index in [1.807, 2.05) is 36.5 Å². The predicted octanol–water partition coefficient (Wildman–Crippen LogP) is 4.35. The lowest BCUT2D eigenvalue weighted by molar-refractivity contribution is 0.933. The van der Waals surface area contributed by atoms with Crippen LogP contribution >= 0.6 is 11.6 Å². The number of hydrogen-bond acceptors (Lipinski definition) is 4. The lowest BCUT2D eigenvalue weighted by Gasteiger charge is -2.08. The number of pyridine rings is 1. The lowest BCUT2D eigenvalue weighted by Crippen LogP contribution is -2.00. The van der Waals surface area contributed by atoms with Crippen molar-refractivity contribution in [2.75, 3.05) is 6.54 Å². The van der Waals surface area contributed by atoms with Gasteiger partial charge in [-0.3, -0.25) is 4.98 Å². The SMILES string of the molecule is CC/C(=C\CN)c1nc2c(-c3cnc4ccccc4c3)cnn2cc1Cl. The van der Waals surface area contributed by atoms with Crippen molar-refractivity contribution < 1.29 is 0 Å². The van der Waals surface area contributed by atoms with E-state index < -0.39 is 0 Å². The zero-order chi connectivity index (χ0) is 18.1. The maximum atomic E-state index is 6.43. The van der Waals surface area contributed by atoms with Crippen LogP contribution < -0.4 is 5.73 Å². The van der Waals surface area contributed by atoms with Gasteiger partial charge in [-0.1, -0.05) is 42.8 Å². The molecule has 26 heavy (non-hydrogen) atoms. The molecule has 130 valence electrons. The fourth-order valence-electron chi connectivity index (χ4n) is 3.09. The fraction of sp³-hybridized carbons (Fsp3) is 0.150. The molecule has 1 aromatic carbocycles. The molecule has 4 rings (SSSR count). The van der Waals surface area contributed by atoms with Crippen LogP contribution in [0.1, 0.15) is 19.0 Å². The Morgan fingerprint density at radius 1 is 1.27 bits per heavy atom. The second kappa shape index (κ2) is 6.86. The number of rotatable bonds is 4. The molecule has 0 radical (unpaired) electrons. The van der Waals surface area contributed by atoms with Crippen molar-refractivity contribution in [1.82, 2.24) is 19.6 Å². The average molecular weight is 364 g/mol. The van der Waals surface area contributed by atoms with E-state index in [-0.39, 0.29) is 0 Å². The van der Waals surface area contributed by atoms with Crippen molar-refractivity contribution in [3.63, 3.8) is 0 Å². The maximum Gasteiger partial charge on any atom is 0.163 e. The van der Waals surface area contributed by atoms with Crippen LogP contribution in [0.15, 0.2) is 55.0 Å². The summed E-state index contributed by atoms with van der Waals surface area (Å²) in [6.07, 6.45) is 8.20. The molecular formula is C20H18ClN5. The van der Waals surface area contributed by atoms with Crippen LogP contribution in [0.3, 0.4) is 0 Å². The van der Waals surface area contributed by atoms with Gasteiger partial charge in [-0.2, -0.15) is 5.10 Å². The van der Waals surface area contributed by atoms with Gasteiger partial charge in [0.15, 0.2) is 5.65 Å². The third kappa shape index (κ3) is 2.85. The first-order chi connectivity index (χ1) is 12.7. The first-order valence-corrected chi connectivity index (χ1v) is 8.87. The summed E-state index contributed by atoms with van der Waals surface area (Å²) in [7, 11) is 0. The van der Waals surface area contributed by atoms with Crippen molar-refractivity contribution in [3.05, 3.63) is 65.7 Å². The Labute approximate surface area is 156 Å². The van der Waals surface area contributed by atoms with Gasteiger partial charge >= 0.3 is 0 Å². The molecule has 0 atom stereocenters. The quantitative estimate of drug-likeness (QED) is 0.585. The molecule has 0 bridgehead atoms. The Morgan fingerprint density at radius 3 is 2.92 bits per heavy atom. The molecule has 0 saturated heterocycles. The number of allylic oxidation sites excluding steroid dienone is 1. The van der Waals surface area contributed by atoms with E-state index in [0.29, 0.717) is 11.6 Å². The Balaban J connectivity index is 1.91. The number of aromatic nitrogens is 4. The van der Waals surface area contributed by atoms with E-state index in [1.165, 1.54) is 0 Å². The summed E-state index contributed by atoms with van der Waals surface area (Å²) in [5, 5.41) is 6.05. The van der Waals surface area contributed by atoms with Crippen molar-refractivity contribution >= 4 is 33.7 Å². The fourth-order valence-corrected chi connectivity index (χ4v) is 3.34. The zero-order valence-corrected chi connectivity index (χ0v) is 15.1. The molecule has 0 aliphatic carbocycles. The molecule has 3 aromatic heterocycles. The van der Waals surface area contributed by atoms with E-state index in [0.717, 1.165) is 45.4 Å². The van der Waals surface area contributed by atoms with Gasteiger partial charge in [-0.05, 0) is 24.1 Å². The van der Waals surface area contributed by atoms with Crippen LogP contribution in [0.4, 0.5) is 0 Å². The van der Waals surface area contributed by atoms with Crippen molar-refractivity contribution in [3.8, 4) is 11.1 Å². The molecular weight excluding hydrogens is 346 g/mol. The third-order valence-corrected chi connectivity index (χ3v) is 4.68. The molecule has 0 unspecified atom stereocenters. The van der Waals surface area contributed by atoms with Crippen molar-refractivity contribution in [2.24, 2.45) is 5.73 Å². The van der Waals surface area contributed by atoms with E-state index in [4.69, 9.17) is 22.3 Å². The minimum absolute atomic E-state index is 0.451. The third-order valence-electron chi connectivity index (χ3n) is 4.40. The van der Waals surface area contributed by atoms with Crippen LogP contribution in [0, 0.1) is 0 Å². The number of nitrogens with zero attached hydrogens (tertiary/aromatic N) is 4. The molecule has 0 amide bonds. The Hall–Kier alpha value is -2.76. The second-order valence-electron chi connectivity index (χ2n) is 6.00. The highest BCUT2D eigenvalue weighted by Gasteiger charge is 2.14. The van der Waals surface area contributed by atoms with E-state index in [1.54, 1.807) is 16.9 Å². The second-order valence-corrected chi connectivity index (χ2v) is 6.41. The Kier molecular flexibility index (Phi) is 4.41. The number of hydrogen-bond donors (Lipinski definition) is 1.